The molecule has 0 amide bonds. The molecule has 1 aromatic rings. The van der Waals surface area contributed by atoms with Gasteiger partial charge >= 0.3 is 0 Å². The van der Waals surface area contributed by atoms with Gasteiger partial charge in [0.2, 0.25) is 5.88 Å². The van der Waals surface area contributed by atoms with Crippen molar-refractivity contribution in [3.8, 4) is 5.88 Å². The average molecular weight is 152 g/mol. The molecule has 0 aromatic carbocycles. The molecule has 0 unspecified atom stereocenters. The van der Waals surface area contributed by atoms with Crippen molar-refractivity contribution in [1.82, 2.24) is 4.98 Å². The van der Waals surface area contributed by atoms with Crippen LogP contribution in [0.15, 0.2) is 12.3 Å². The number of nitrogens with two attached hydrogens (primary N) is 1. The van der Waals surface area contributed by atoms with Crippen LogP contribution in [0.2, 0.25) is 0 Å². The lowest BCUT2D eigenvalue weighted by atomic mass is 10.2. The molecule has 11 heavy (non-hydrogen) atoms. The highest BCUT2D eigenvalue weighted by atomic mass is 16.5. The fraction of sp³-hybridized carbons (Fsp3) is 0.143. The number of carbonyl (C=O) groups excluding carboxylic acids is 1. The van der Waals surface area contributed by atoms with Crippen LogP contribution in [-0.4, -0.2) is 18.4 Å². The third kappa shape index (κ3) is 1.29. The Hall–Kier alpha value is -1.58. The first-order valence-electron chi connectivity index (χ1n) is 3.03. The van der Waals surface area contributed by atoms with E-state index in [1.807, 2.05) is 0 Å². The number of rotatable bonds is 2. The minimum absolute atomic E-state index is 0.264. The molecule has 0 saturated heterocycles. The van der Waals surface area contributed by atoms with Gasteiger partial charge in [-0.15, -0.1) is 0 Å². The number of pyridine rings is 1. The molecular formula is C7H8N2O2. The molecule has 4 nitrogen and oxygen atoms in total. The minimum atomic E-state index is 0.264. The molecular weight excluding hydrogens is 144 g/mol. The van der Waals surface area contributed by atoms with Gasteiger partial charge in [-0.2, -0.15) is 0 Å². The van der Waals surface area contributed by atoms with Crippen LogP contribution in [0.5, 0.6) is 5.88 Å². The Balaban J connectivity index is 3.24. The normalized spacial score (nSPS) is 9.18. The van der Waals surface area contributed by atoms with E-state index < -0.39 is 0 Å². The zero-order valence-corrected chi connectivity index (χ0v) is 6.07. The van der Waals surface area contributed by atoms with Gasteiger partial charge in [-0.3, -0.25) is 4.79 Å². The summed E-state index contributed by atoms with van der Waals surface area (Å²) in [5.74, 6) is 0.264. The standard InChI is InChI=1S/C7H8N2O2/c1-11-7-5(4-10)6(8)2-3-9-7/h2-4H,1H3,(H2,8,9). The van der Waals surface area contributed by atoms with E-state index in [0.29, 0.717) is 17.5 Å². The Labute approximate surface area is 64.0 Å². The number of nitrogens with zero attached hydrogens (tertiary/aromatic N) is 1. The van der Waals surface area contributed by atoms with Gasteiger partial charge < -0.3 is 10.5 Å². The summed E-state index contributed by atoms with van der Waals surface area (Å²) in [4.78, 5) is 14.2. The molecule has 58 valence electrons. The van der Waals surface area contributed by atoms with E-state index in [1.165, 1.54) is 13.3 Å². The lowest BCUT2D eigenvalue weighted by molar-refractivity contribution is 0.112. The Bertz CT molecular complexity index is 273. The van der Waals surface area contributed by atoms with Crippen LogP contribution in [0.25, 0.3) is 0 Å². The van der Waals surface area contributed by atoms with Crippen LogP contribution in [0, 0.1) is 0 Å². The quantitative estimate of drug-likeness (QED) is 0.626. The van der Waals surface area contributed by atoms with Gasteiger partial charge in [0, 0.05) is 11.9 Å². The van der Waals surface area contributed by atoms with Crippen LogP contribution < -0.4 is 10.5 Å². The molecule has 0 saturated carbocycles. The molecule has 1 aromatic heterocycles. The molecule has 0 radical (unpaired) electrons. The number of aromatic nitrogens is 1. The van der Waals surface area contributed by atoms with Crippen LogP contribution >= 0.6 is 0 Å². The summed E-state index contributed by atoms with van der Waals surface area (Å²) in [5.41, 5.74) is 6.14. The Morgan fingerprint density at radius 2 is 2.45 bits per heavy atom. The molecule has 0 atom stereocenters. The monoisotopic (exact) mass is 152 g/mol. The fourth-order valence-electron chi connectivity index (χ4n) is 0.749. The van der Waals surface area contributed by atoms with Crippen LogP contribution in [-0.2, 0) is 0 Å². The lowest BCUT2D eigenvalue weighted by Crippen LogP contribution is -1.98. The number of nitrogen functional groups attached to an aromatic ring is 1. The molecule has 0 aliphatic carbocycles. The number of hydrogen-bond acceptors (Lipinski definition) is 4. The van der Waals surface area contributed by atoms with Crippen molar-refractivity contribution in [2.75, 3.05) is 12.8 Å². The summed E-state index contributed by atoms with van der Waals surface area (Å²) >= 11 is 0. The number of anilines is 1. The maximum atomic E-state index is 10.4. The largest absolute Gasteiger partial charge is 0.480 e. The van der Waals surface area contributed by atoms with E-state index in [-0.39, 0.29) is 5.88 Å². The zero-order chi connectivity index (χ0) is 8.27. The van der Waals surface area contributed by atoms with Crippen molar-refractivity contribution in [3.63, 3.8) is 0 Å². The summed E-state index contributed by atoms with van der Waals surface area (Å²) in [5, 5.41) is 0. The SMILES string of the molecule is COc1nccc(N)c1C=O. The minimum Gasteiger partial charge on any atom is -0.480 e. The predicted octanol–water partition coefficient (Wildman–Crippen LogP) is 0.485. The van der Waals surface area contributed by atoms with Gasteiger partial charge in [0.25, 0.3) is 0 Å². The van der Waals surface area contributed by atoms with Crippen molar-refractivity contribution in [1.29, 1.82) is 0 Å². The summed E-state index contributed by atoms with van der Waals surface area (Å²) in [6, 6.07) is 1.55. The molecule has 0 fully saturated rings. The Morgan fingerprint density at radius 1 is 1.73 bits per heavy atom. The van der Waals surface area contributed by atoms with Gasteiger partial charge in [-0.25, -0.2) is 4.98 Å². The van der Waals surface area contributed by atoms with E-state index >= 15 is 0 Å². The van der Waals surface area contributed by atoms with E-state index in [2.05, 4.69) is 4.98 Å². The summed E-state index contributed by atoms with van der Waals surface area (Å²) < 4.78 is 4.79. The average Bonchev–Trinajstić information content (AvgIpc) is 2.04. The van der Waals surface area contributed by atoms with E-state index in [4.69, 9.17) is 10.5 Å². The second-order valence-corrected chi connectivity index (χ2v) is 1.94. The highest BCUT2D eigenvalue weighted by molar-refractivity contribution is 5.86. The molecule has 2 N–H and O–H groups in total. The van der Waals surface area contributed by atoms with Gasteiger partial charge in [0.1, 0.15) is 0 Å². The molecule has 1 rings (SSSR count). The smallest absolute Gasteiger partial charge is 0.225 e. The highest BCUT2D eigenvalue weighted by Crippen LogP contribution is 2.17. The van der Waals surface area contributed by atoms with Gasteiger partial charge in [-0.1, -0.05) is 0 Å². The molecule has 0 aliphatic heterocycles. The molecule has 1 heterocycles. The Morgan fingerprint density at radius 3 is 2.91 bits per heavy atom. The van der Waals surface area contributed by atoms with Crippen LogP contribution in [0.3, 0.4) is 0 Å². The number of carbonyl (C=O) groups is 1. The molecule has 4 heteroatoms. The number of aldehydes is 1. The van der Waals surface area contributed by atoms with Crippen molar-refractivity contribution in [3.05, 3.63) is 17.8 Å². The first-order chi connectivity index (χ1) is 5.29. The predicted molar refractivity (Wildman–Crippen MR) is 40.6 cm³/mol. The maximum absolute atomic E-state index is 10.4. The summed E-state index contributed by atoms with van der Waals surface area (Å²) in [6.07, 6.45) is 2.11. The molecule has 0 bridgehead atoms. The third-order valence-electron chi connectivity index (χ3n) is 1.30. The summed E-state index contributed by atoms with van der Waals surface area (Å²) in [7, 11) is 1.44. The first kappa shape index (κ1) is 7.53. The highest BCUT2D eigenvalue weighted by Gasteiger charge is 2.05. The molecule has 0 spiro atoms. The zero-order valence-electron chi connectivity index (χ0n) is 6.07. The summed E-state index contributed by atoms with van der Waals surface area (Å²) in [6.45, 7) is 0. The number of methoxy groups -OCH3 is 1. The van der Waals surface area contributed by atoms with Gasteiger partial charge in [0.05, 0.1) is 12.7 Å². The fourth-order valence-corrected chi connectivity index (χ4v) is 0.749. The second-order valence-electron chi connectivity index (χ2n) is 1.94. The second kappa shape index (κ2) is 3.01. The van der Waals surface area contributed by atoms with Crippen molar-refractivity contribution < 1.29 is 9.53 Å². The topological polar surface area (TPSA) is 65.2 Å². The van der Waals surface area contributed by atoms with Gasteiger partial charge in [-0.05, 0) is 6.07 Å². The maximum Gasteiger partial charge on any atom is 0.225 e. The van der Waals surface area contributed by atoms with Crippen molar-refractivity contribution in [2.24, 2.45) is 0 Å². The van der Waals surface area contributed by atoms with E-state index in [0.717, 1.165) is 0 Å². The van der Waals surface area contributed by atoms with Crippen LogP contribution in [0.1, 0.15) is 10.4 Å². The number of ether oxygens (including phenoxy) is 1. The van der Waals surface area contributed by atoms with E-state index in [9.17, 15) is 4.79 Å². The third-order valence-corrected chi connectivity index (χ3v) is 1.30. The van der Waals surface area contributed by atoms with Crippen LogP contribution in [0.4, 0.5) is 5.69 Å². The van der Waals surface area contributed by atoms with Crippen molar-refractivity contribution >= 4 is 12.0 Å². The van der Waals surface area contributed by atoms with E-state index in [1.54, 1.807) is 6.07 Å². The molecule has 0 aliphatic rings. The lowest BCUT2D eigenvalue weighted by Gasteiger charge is -2.02. The van der Waals surface area contributed by atoms with Crippen molar-refractivity contribution in [2.45, 2.75) is 0 Å². The van der Waals surface area contributed by atoms with Gasteiger partial charge in [0.15, 0.2) is 6.29 Å². The Kier molecular flexibility index (Phi) is 2.06. The number of hydrogen-bond donors (Lipinski definition) is 1. The first-order valence-corrected chi connectivity index (χ1v) is 3.03.